The first-order valence-corrected chi connectivity index (χ1v) is 11.6. The summed E-state index contributed by atoms with van der Waals surface area (Å²) >= 11 is 0. The number of rotatable bonds is 7. The van der Waals surface area contributed by atoms with Gasteiger partial charge in [0, 0.05) is 23.4 Å². The Labute approximate surface area is 180 Å². The van der Waals surface area contributed by atoms with E-state index in [1.807, 2.05) is 18.2 Å². The first kappa shape index (κ1) is 20.8. The van der Waals surface area contributed by atoms with Gasteiger partial charge in [-0.1, -0.05) is 69.9 Å². The van der Waals surface area contributed by atoms with Crippen molar-refractivity contribution in [3.05, 3.63) is 66.1 Å². The molecule has 1 heterocycles. The van der Waals surface area contributed by atoms with E-state index in [1.54, 1.807) is 0 Å². The molecule has 0 spiro atoms. The maximum absolute atomic E-state index is 13.5. The summed E-state index contributed by atoms with van der Waals surface area (Å²) in [5.74, 6) is 1.41. The second kappa shape index (κ2) is 9.59. The average Bonchev–Trinajstić information content (AvgIpc) is 3.14. The van der Waals surface area contributed by atoms with Gasteiger partial charge in [0.15, 0.2) is 0 Å². The maximum Gasteiger partial charge on any atom is 0.123 e. The molecule has 0 bridgehead atoms. The highest BCUT2D eigenvalue weighted by Crippen LogP contribution is 2.37. The summed E-state index contributed by atoms with van der Waals surface area (Å²) in [6.07, 6.45) is 8.94. The lowest BCUT2D eigenvalue weighted by Crippen LogP contribution is -2.20. The highest BCUT2D eigenvalue weighted by molar-refractivity contribution is 5.82. The predicted octanol–water partition coefficient (Wildman–Crippen LogP) is 7.53. The van der Waals surface area contributed by atoms with Gasteiger partial charge in [0.25, 0.3) is 0 Å². The number of benzene rings is 2. The molecule has 0 N–H and O–H groups in total. The van der Waals surface area contributed by atoms with Crippen LogP contribution in [0.2, 0.25) is 0 Å². The van der Waals surface area contributed by atoms with E-state index in [1.165, 1.54) is 67.5 Å². The van der Waals surface area contributed by atoms with Crippen molar-refractivity contribution in [2.75, 3.05) is 0 Å². The first-order valence-electron chi connectivity index (χ1n) is 11.6. The Morgan fingerprint density at radius 2 is 1.53 bits per heavy atom. The molecule has 1 aliphatic carbocycles. The molecule has 2 aromatic carbocycles. The molecule has 158 valence electrons. The SMILES string of the molecule is CCCC1CCC(Cn2nc(-c3ccc(F)cc3)c(-c3ccccc3)c2CC)CC1. The molecule has 0 amide bonds. The zero-order chi connectivity index (χ0) is 20.9. The summed E-state index contributed by atoms with van der Waals surface area (Å²) in [5, 5.41) is 5.10. The second-order valence-corrected chi connectivity index (χ2v) is 8.75. The first-order chi connectivity index (χ1) is 14.7. The summed E-state index contributed by atoms with van der Waals surface area (Å²) < 4.78 is 15.8. The predicted molar refractivity (Wildman–Crippen MR) is 123 cm³/mol. The smallest absolute Gasteiger partial charge is 0.123 e. The minimum absolute atomic E-state index is 0.209. The largest absolute Gasteiger partial charge is 0.268 e. The van der Waals surface area contributed by atoms with Crippen LogP contribution in [0.3, 0.4) is 0 Å². The minimum Gasteiger partial charge on any atom is -0.268 e. The van der Waals surface area contributed by atoms with Gasteiger partial charge >= 0.3 is 0 Å². The van der Waals surface area contributed by atoms with E-state index >= 15 is 0 Å². The third-order valence-electron chi connectivity index (χ3n) is 6.67. The van der Waals surface area contributed by atoms with Gasteiger partial charge in [-0.15, -0.1) is 0 Å². The lowest BCUT2D eigenvalue weighted by atomic mass is 9.80. The number of aromatic nitrogens is 2. The fraction of sp³-hybridized carbons (Fsp3) is 0.444. The van der Waals surface area contributed by atoms with Crippen molar-refractivity contribution in [3.8, 4) is 22.4 Å². The van der Waals surface area contributed by atoms with Crippen LogP contribution >= 0.6 is 0 Å². The summed E-state index contributed by atoms with van der Waals surface area (Å²) in [6, 6.07) is 17.3. The second-order valence-electron chi connectivity index (χ2n) is 8.75. The van der Waals surface area contributed by atoms with Crippen molar-refractivity contribution in [3.63, 3.8) is 0 Å². The molecular formula is C27H33FN2. The number of halogens is 1. The summed E-state index contributed by atoms with van der Waals surface area (Å²) in [4.78, 5) is 0. The van der Waals surface area contributed by atoms with Crippen LogP contribution in [0.15, 0.2) is 54.6 Å². The molecule has 4 rings (SSSR count). The maximum atomic E-state index is 13.5. The van der Waals surface area contributed by atoms with E-state index in [0.717, 1.165) is 30.1 Å². The molecule has 2 nitrogen and oxygen atoms in total. The molecule has 0 saturated heterocycles. The van der Waals surface area contributed by atoms with Gasteiger partial charge in [-0.3, -0.25) is 4.68 Å². The van der Waals surface area contributed by atoms with Gasteiger partial charge in [0.1, 0.15) is 11.5 Å². The van der Waals surface area contributed by atoms with Crippen molar-refractivity contribution in [2.24, 2.45) is 11.8 Å². The highest BCUT2D eigenvalue weighted by atomic mass is 19.1. The van der Waals surface area contributed by atoms with E-state index in [4.69, 9.17) is 5.10 Å². The molecule has 1 fully saturated rings. The molecular weight excluding hydrogens is 371 g/mol. The van der Waals surface area contributed by atoms with Crippen molar-refractivity contribution in [1.82, 2.24) is 9.78 Å². The summed E-state index contributed by atoms with van der Waals surface area (Å²) in [7, 11) is 0. The summed E-state index contributed by atoms with van der Waals surface area (Å²) in [6.45, 7) is 5.50. The number of nitrogens with zero attached hydrogens (tertiary/aromatic N) is 2. The Bertz CT molecular complexity index is 935. The Morgan fingerprint density at radius 3 is 2.17 bits per heavy atom. The van der Waals surface area contributed by atoms with Gasteiger partial charge in [-0.25, -0.2) is 4.39 Å². The lowest BCUT2D eigenvalue weighted by Gasteiger charge is -2.28. The van der Waals surface area contributed by atoms with Crippen LogP contribution in [0.1, 0.15) is 58.1 Å². The average molecular weight is 405 g/mol. The van der Waals surface area contributed by atoms with E-state index in [2.05, 4.69) is 42.8 Å². The molecule has 1 aromatic heterocycles. The molecule has 1 aliphatic rings. The standard InChI is InChI=1S/C27H33FN2/c1-3-8-20-11-13-21(14-12-20)19-30-25(4-2)26(22-9-6-5-7-10-22)27(29-30)23-15-17-24(28)18-16-23/h5-7,9-10,15-18,20-21H,3-4,8,11-14,19H2,1-2H3. The van der Waals surface area contributed by atoms with Gasteiger partial charge in [0.2, 0.25) is 0 Å². The zero-order valence-electron chi connectivity index (χ0n) is 18.3. The fourth-order valence-corrected chi connectivity index (χ4v) is 5.08. The fourth-order valence-electron chi connectivity index (χ4n) is 5.08. The van der Waals surface area contributed by atoms with Crippen LogP contribution in [0.4, 0.5) is 4.39 Å². The van der Waals surface area contributed by atoms with Crippen molar-refractivity contribution in [2.45, 2.75) is 65.3 Å². The van der Waals surface area contributed by atoms with Crippen LogP contribution in [-0.2, 0) is 13.0 Å². The quantitative estimate of drug-likeness (QED) is 0.398. The van der Waals surface area contributed by atoms with E-state index in [-0.39, 0.29) is 5.82 Å². The molecule has 3 aromatic rings. The minimum atomic E-state index is -0.209. The van der Waals surface area contributed by atoms with Gasteiger partial charge in [-0.2, -0.15) is 5.10 Å². The van der Waals surface area contributed by atoms with E-state index < -0.39 is 0 Å². The highest BCUT2D eigenvalue weighted by Gasteiger charge is 2.24. The molecule has 0 aliphatic heterocycles. The molecule has 0 unspecified atom stereocenters. The molecule has 0 atom stereocenters. The molecule has 0 radical (unpaired) electrons. The normalized spacial score (nSPS) is 19.2. The molecule has 3 heteroatoms. The van der Waals surface area contributed by atoms with Gasteiger partial charge < -0.3 is 0 Å². The van der Waals surface area contributed by atoms with Crippen LogP contribution in [0.25, 0.3) is 22.4 Å². The van der Waals surface area contributed by atoms with Crippen molar-refractivity contribution < 1.29 is 4.39 Å². The van der Waals surface area contributed by atoms with Gasteiger partial charge in [0.05, 0.1) is 0 Å². The topological polar surface area (TPSA) is 17.8 Å². The number of hydrogen-bond acceptors (Lipinski definition) is 1. The van der Waals surface area contributed by atoms with Crippen molar-refractivity contribution >= 4 is 0 Å². The monoisotopic (exact) mass is 404 g/mol. The third kappa shape index (κ3) is 4.50. The number of hydrogen-bond donors (Lipinski definition) is 0. The van der Waals surface area contributed by atoms with E-state index in [0.29, 0.717) is 5.92 Å². The lowest BCUT2D eigenvalue weighted by molar-refractivity contribution is 0.235. The Kier molecular flexibility index (Phi) is 6.66. The van der Waals surface area contributed by atoms with Crippen LogP contribution in [-0.4, -0.2) is 9.78 Å². The zero-order valence-corrected chi connectivity index (χ0v) is 18.3. The van der Waals surface area contributed by atoms with Crippen molar-refractivity contribution in [1.29, 1.82) is 0 Å². The molecule has 1 saturated carbocycles. The van der Waals surface area contributed by atoms with Gasteiger partial charge in [-0.05, 0) is 60.9 Å². The van der Waals surface area contributed by atoms with E-state index in [9.17, 15) is 4.39 Å². The Morgan fingerprint density at radius 1 is 0.867 bits per heavy atom. The Balaban J connectivity index is 1.68. The summed E-state index contributed by atoms with van der Waals surface area (Å²) in [5.41, 5.74) is 5.63. The third-order valence-corrected chi connectivity index (χ3v) is 6.67. The van der Waals surface area contributed by atoms with Crippen LogP contribution in [0.5, 0.6) is 0 Å². The van der Waals surface area contributed by atoms with Crippen LogP contribution < -0.4 is 0 Å². The Hall–Kier alpha value is -2.42. The molecule has 30 heavy (non-hydrogen) atoms. The van der Waals surface area contributed by atoms with Crippen LogP contribution in [0, 0.1) is 17.7 Å².